The fourth-order valence-electron chi connectivity index (χ4n) is 2.89. The second-order valence-corrected chi connectivity index (χ2v) is 7.64. The van der Waals surface area contributed by atoms with E-state index in [-0.39, 0.29) is 11.7 Å². The lowest BCUT2D eigenvalue weighted by Crippen LogP contribution is -2.19. The third-order valence-electron chi connectivity index (χ3n) is 4.12. The Balaban J connectivity index is 1.48. The quantitative estimate of drug-likeness (QED) is 0.710. The summed E-state index contributed by atoms with van der Waals surface area (Å²) < 4.78 is 14.3. The Bertz CT molecular complexity index is 886. The number of benzene rings is 1. The number of nitrogens with zero attached hydrogens (tertiary/aromatic N) is 2. The molecule has 0 radical (unpaired) electrons. The minimum Gasteiger partial charge on any atom is -0.369 e. The van der Waals surface area contributed by atoms with Crippen molar-refractivity contribution in [2.45, 2.75) is 12.8 Å². The molecule has 3 heterocycles. The number of carbonyl (C=O) groups is 1. The molecule has 128 valence electrons. The molecule has 0 spiro atoms. The lowest BCUT2D eigenvalue weighted by molar-refractivity contribution is 0.102. The van der Waals surface area contributed by atoms with Crippen molar-refractivity contribution in [3.05, 3.63) is 52.6 Å². The van der Waals surface area contributed by atoms with Crippen LogP contribution in [-0.2, 0) is 0 Å². The van der Waals surface area contributed by atoms with Crippen LogP contribution in [-0.4, -0.2) is 24.0 Å². The number of carbonyl (C=O) groups excluding carboxylic acids is 1. The Kier molecular flexibility index (Phi) is 4.50. The third kappa shape index (κ3) is 3.43. The molecule has 4 nitrogen and oxygen atoms in total. The van der Waals surface area contributed by atoms with Crippen LogP contribution in [0, 0.1) is 5.82 Å². The first-order valence-corrected chi connectivity index (χ1v) is 9.82. The van der Waals surface area contributed by atoms with Crippen LogP contribution in [0.3, 0.4) is 0 Å². The molecule has 25 heavy (non-hydrogen) atoms. The third-order valence-corrected chi connectivity index (χ3v) is 6.00. The van der Waals surface area contributed by atoms with E-state index in [1.165, 1.54) is 17.4 Å². The number of halogens is 1. The fourth-order valence-corrected chi connectivity index (χ4v) is 4.50. The van der Waals surface area contributed by atoms with Gasteiger partial charge in [-0.3, -0.25) is 4.79 Å². The van der Waals surface area contributed by atoms with Crippen LogP contribution in [0.5, 0.6) is 0 Å². The van der Waals surface area contributed by atoms with Crippen molar-refractivity contribution in [2.24, 2.45) is 0 Å². The van der Waals surface area contributed by atoms with Crippen LogP contribution in [0.25, 0.3) is 9.88 Å². The SMILES string of the molecule is O=C(Nc1ccc(N2CCCC2)c(F)c1)c1csc(-c2cccs2)n1. The van der Waals surface area contributed by atoms with Crippen molar-refractivity contribution in [1.82, 2.24) is 4.98 Å². The van der Waals surface area contributed by atoms with Gasteiger partial charge in [0, 0.05) is 24.2 Å². The van der Waals surface area contributed by atoms with Gasteiger partial charge < -0.3 is 10.2 Å². The van der Waals surface area contributed by atoms with Crippen LogP contribution in [0.2, 0.25) is 0 Å². The van der Waals surface area contributed by atoms with Gasteiger partial charge in [0.25, 0.3) is 5.91 Å². The highest BCUT2D eigenvalue weighted by Gasteiger charge is 2.17. The van der Waals surface area contributed by atoms with E-state index in [1.807, 2.05) is 22.4 Å². The minimum atomic E-state index is -0.327. The summed E-state index contributed by atoms with van der Waals surface area (Å²) in [5.41, 5.74) is 1.39. The molecular formula is C18H16FN3OS2. The van der Waals surface area contributed by atoms with Gasteiger partial charge in [-0.1, -0.05) is 6.07 Å². The maximum Gasteiger partial charge on any atom is 0.275 e. The molecule has 1 aliphatic rings. The van der Waals surface area contributed by atoms with Crippen LogP contribution < -0.4 is 10.2 Å². The van der Waals surface area contributed by atoms with Crippen molar-refractivity contribution in [3.8, 4) is 9.88 Å². The molecule has 0 unspecified atom stereocenters. The average molecular weight is 373 g/mol. The van der Waals surface area contributed by atoms with Crippen molar-refractivity contribution < 1.29 is 9.18 Å². The van der Waals surface area contributed by atoms with E-state index in [9.17, 15) is 9.18 Å². The first-order chi connectivity index (χ1) is 12.2. The molecule has 1 fully saturated rings. The number of nitrogens with one attached hydrogen (secondary N) is 1. The Morgan fingerprint density at radius 2 is 2.04 bits per heavy atom. The van der Waals surface area contributed by atoms with E-state index in [2.05, 4.69) is 10.3 Å². The van der Waals surface area contributed by atoms with Gasteiger partial charge >= 0.3 is 0 Å². The van der Waals surface area contributed by atoms with Crippen molar-refractivity contribution >= 4 is 40.0 Å². The number of hydrogen-bond acceptors (Lipinski definition) is 5. The van der Waals surface area contributed by atoms with E-state index in [0.717, 1.165) is 35.8 Å². The molecule has 1 amide bonds. The number of thiophene rings is 1. The summed E-state index contributed by atoms with van der Waals surface area (Å²) >= 11 is 3.01. The number of aromatic nitrogens is 1. The predicted molar refractivity (Wildman–Crippen MR) is 101 cm³/mol. The molecule has 1 N–H and O–H groups in total. The zero-order valence-electron chi connectivity index (χ0n) is 13.4. The van der Waals surface area contributed by atoms with Crippen molar-refractivity contribution in [3.63, 3.8) is 0 Å². The molecular weight excluding hydrogens is 357 g/mol. The number of hydrogen-bond donors (Lipinski definition) is 1. The smallest absolute Gasteiger partial charge is 0.275 e. The summed E-state index contributed by atoms with van der Waals surface area (Å²) in [6.07, 6.45) is 2.18. The molecule has 7 heteroatoms. The lowest BCUT2D eigenvalue weighted by atomic mass is 10.2. The highest BCUT2D eigenvalue weighted by molar-refractivity contribution is 7.20. The number of anilines is 2. The Labute approximate surface area is 153 Å². The van der Waals surface area contributed by atoms with E-state index in [4.69, 9.17) is 0 Å². The second-order valence-electron chi connectivity index (χ2n) is 5.83. The van der Waals surface area contributed by atoms with Gasteiger partial charge in [0.2, 0.25) is 0 Å². The summed E-state index contributed by atoms with van der Waals surface area (Å²) in [5.74, 6) is -0.635. The molecule has 1 aromatic carbocycles. The predicted octanol–water partition coefficient (Wildman–Crippen LogP) is 4.86. The van der Waals surface area contributed by atoms with Gasteiger partial charge in [0.05, 0.1) is 10.6 Å². The summed E-state index contributed by atoms with van der Waals surface area (Å²) in [5, 5.41) is 7.24. The number of amides is 1. The zero-order chi connectivity index (χ0) is 17.2. The minimum absolute atomic E-state index is 0.308. The fraction of sp³-hybridized carbons (Fsp3) is 0.222. The zero-order valence-corrected chi connectivity index (χ0v) is 15.0. The second kappa shape index (κ2) is 6.93. The molecule has 4 rings (SSSR count). The number of thiazole rings is 1. The van der Waals surface area contributed by atoms with Crippen LogP contribution >= 0.6 is 22.7 Å². The van der Waals surface area contributed by atoms with Crippen molar-refractivity contribution in [1.29, 1.82) is 0 Å². The van der Waals surface area contributed by atoms with Crippen LogP contribution in [0.1, 0.15) is 23.3 Å². The first kappa shape index (κ1) is 16.2. The average Bonchev–Trinajstić information content (AvgIpc) is 3.35. The molecule has 0 aliphatic carbocycles. The topological polar surface area (TPSA) is 45.2 Å². The standard InChI is InChI=1S/C18H16FN3OS2/c19-13-10-12(5-6-15(13)22-7-1-2-8-22)20-17(23)14-11-25-18(21-14)16-4-3-9-24-16/h3-6,9-11H,1-2,7-8H2,(H,20,23). The normalized spacial score (nSPS) is 14.0. The van der Waals surface area contributed by atoms with E-state index < -0.39 is 0 Å². The molecule has 2 aromatic heterocycles. The van der Waals surface area contributed by atoms with Crippen LogP contribution in [0.15, 0.2) is 41.1 Å². The van der Waals surface area contributed by atoms with Gasteiger partial charge in [0.15, 0.2) is 0 Å². The summed E-state index contributed by atoms with van der Waals surface area (Å²) in [6, 6.07) is 8.76. The van der Waals surface area contributed by atoms with Crippen LogP contribution in [0.4, 0.5) is 15.8 Å². The monoisotopic (exact) mass is 373 g/mol. The van der Waals surface area contributed by atoms with Crippen molar-refractivity contribution in [2.75, 3.05) is 23.3 Å². The van der Waals surface area contributed by atoms with E-state index in [0.29, 0.717) is 17.1 Å². The molecule has 0 saturated carbocycles. The highest BCUT2D eigenvalue weighted by atomic mass is 32.1. The maximum atomic E-state index is 14.3. The number of rotatable bonds is 4. The Hall–Kier alpha value is -2.25. The molecule has 3 aromatic rings. The molecule has 1 aliphatic heterocycles. The first-order valence-electron chi connectivity index (χ1n) is 8.06. The maximum absolute atomic E-state index is 14.3. The molecule has 0 atom stereocenters. The lowest BCUT2D eigenvalue weighted by Gasteiger charge is -2.18. The van der Waals surface area contributed by atoms with Gasteiger partial charge in [-0.2, -0.15) is 0 Å². The van der Waals surface area contributed by atoms with E-state index in [1.54, 1.807) is 28.8 Å². The Morgan fingerprint density at radius 1 is 1.20 bits per heavy atom. The van der Waals surface area contributed by atoms with E-state index >= 15 is 0 Å². The summed E-state index contributed by atoms with van der Waals surface area (Å²) in [4.78, 5) is 19.8. The van der Waals surface area contributed by atoms with Gasteiger partial charge in [-0.05, 0) is 42.5 Å². The molecule has 0 bridgehead atoms. The molecule has 1 saturated heterocycles. The Morgan fingerprint density at radius 3 is 2.76 bits per heavy atom. The summed E-state index contributed by atoms with van der Waals surface area (Å²) in [7, 11) is 0. The largest absolute Gasteiger partial charge is 0.369 e. The van der Waals surface area contributed by atoms with Gasteiger partial charge in [-0.25, -0.2) is 9.37 Å². The summed E-state index contributed by atoms with van der Waals surface area (Å²) in [6.45, 7) is 1.76. The van der Waals surface area contributed by atoms with Gasteiger partial charge in [-0.15, -0.1) is 22.7 Å². The van der Waals surface area contributed by atoms with Gasteiger partial charge in [0.1, 0.15) is 16.5 Å². The highest BCUT2D eigenvalue weighted by Crippen LogP contribution is 2.29.